The number of benzene rings is 1. The maximum absolute atomic E-state index is 5.88. The third-order valence-electron chi connectivity index (χ3n) is 3.43. The maximum atomic E-state index is 5.88. The van der Waals surface area contributed by atoms with E-state index in [4.69, 9.17) is 9.26 Å². The summed E-state index contributed by atoms with van der Waals surface area (Å²) in [6.07, 6.45) is 3.45. The number of hydrogen-bond donors (Lipinski definition) is 1. The lowest BCUT2D eigenvalue weighted by molar-refractivity contribution is 0.0344. The summed E-state index contributed by atoms with van der Waals surface area (Å²) in [5.41, 5.74) is 1.86. The molecule has 0 aliphatic carbocycles. The summed E-state index contributed by atoms with van der Waals surface area (Å²) in [7, 11) is 0. The molecule has 0 bridgehead atoms. The molecule has 1 aliphatic rings. The van der Waals surface area contributed by atoms with Crippen molar-refractivity contribution in [2.24, 2.45) is 0 Å². The highest BCUT2D eigenvalue weighted by Gasteiger charge is 2.14. The molecular formula is C14H18N2O2. The van der Waals surface area contributed by atoms with Gasteiger partial charge >= 0.3 is 0 Å². The third kappa shape index (κ3) is 2.54. The summed E-state index contributed by atoms with van der Waals surface area (Å²) in [6.45, 7) is 2.86. The number of fused-ring (bicyclic) bond motifs is 1. The van der Waals surface area contributed by atoms with Crippen molar-refractivity contribution in [2.75, 3.05) is 19.7 Å². The minimum atomic E-state index is 0.407. The van der Waals surface area contributed by atoms with Crippen LogP contribution in [-0.4, -0.2) is 31.0 Å². The molecule has 3 rings (SSSR count). The fourth-order valence-corrected chi connectivity index (χ4v) is 2.40. The molecule has 18 heavy (non-hydrogen) atoms. The average molecular weight is 246 g/mol. The van der Waals surface area contributed by atoms with Gasteiger partial charge in [0.25, 0.3) is 0 Å². The first-order valence-electron chi connectivity index (χ1n) is 6.59. The molecule has 0 spiro atoms. The molecule has 0 atom stereocenters. The van der Waals surface area contributed by atoms with Gasteiger partial charge in [-0.1, -0.05) is 17.3 Å². The average Bonchev–Trinajstić information content (AvgIpc) is 2.84. The Morgan fingerprint density at radius 3 is 3.00 bits per heavy atom. The van der Waals surface area contributed by atoms with Crippen LogP contribution in [0.5, 0.6) is 0 Å². The molecule has 0 saturated carbocycles. The molecule has 0 unspecified atom stereocenters. The smallest absolute Gasteiger partial charge is 0.167 e. The lowest BCUT2D eigenvalue weighted by Gasteiger charge is -2.22. The zero-order valence-corrected chi connectivity index (χ0v) is 10.4. The van der Waals surface area contributed by atoms with Gasteiger partial charge in [-0.2, -0.15) is 0 Å². The Bertz CT molecular complexity index is 503. The van der Waals surface area contributed by atoms with E-state index < -0.39 is 0 Å². The second kappa shape index (κ2) is 5.50. The predicted molar refractivity (Wildman–Crippen MR) is 69.6 cm³/mol. The van der Waals surface area contributed by atoms with Gasteiger partial charge in [0.05, 0.1) is 18.4 Å². The van der Waals surface area contributed by atoms with Crippen molar-refractivity contribution < 1.29 is 9.26 Å². The van der Waals surface area contributed by atoms with Crippen molar-refractivity contribution in [3.63, 3.8) is 0 Å². The van der Waals surface area contributed by atoms with Crippen LogP contribution in [0.2, 0.25) is 0 Å². The second-order valence-electron chi connectivity index (χ2n) is 4.70. The molecule has 1 N–H and O–H groups in total. The number of ether oxygens (including phenoxy) is 1. The normalized spacial score (nSPS) is 17.3. The number of nitrogens with one attached hydrogen (secondary N) is 1. The van der Waals surface area contributed by atoms with Crippen LogP contribution in [0.25, 0.3) is 11.0 Å². The van der Waals surface area contributed by atoms with E-state index in [9.17, 15) is 0 Å². The zero-order valence-electron chi connectivity index (χ0n) is 10.4. The van der Waals surface area contributed by atoms with Crippen LogP contribution in [0.4, 0.5) is 0 Å². The SMILES string of the molecule is c1ccc2c(CCOC3CCNCC3)noc2c1. The summed E-state index contributed by atoms with van der Waals surface area (Å²) < 4.78 is 11.2. The molecule has 4 heteroatoms. The van der Waals surface area contributed by atoms with Crippen molar-refractivity contribution >= 4 is 11.0 Å². The highest BCUT2D eigenvalue weighted by atomic mass is 16.5. The Morgan fingerprint density at radius 2 is 2.11 bits per heavy atom. The second-order valence-corrected chi connectivity index (χ2v) is 4.70. The number of para-hydroxylation sites is 1. The molecule has 1 aromatic carbocycles. The molecule has 96 valence electrons. The van der Waals surface area contributed by atoms with Gasteiger partial charge in [-0.3, -0.25) is 0 Å². The van der Waals surface area contributed by atoms with Gasteiger partial charge in [0.1, 0.15) is 0 Å². The topological polar surface area (TPSA) is 47.3 Å². The summed E-state index contributed by atoms with van der Waals surface area (Å²) in [5, 5.41) is 8.55. The van der Waals surface area contributed by atoms with E-state index in [1.807, 2.05) is 24.3 Å². The minimum Gasteiger partial charge on any atom is -0.378 e. The van der Waals surface area contributed by atoms with Crippen molar-refractivity contribution in [1.82, 2.24) is 10.5 Å². The molecular weight excluding hydrogens is 228 g/mol. The van der Waals surface area contributed by atoms with Crippen LogP contribution in [0.3, 0.4) is 0 Å². The molecule has 2 aromatic rings. The Hall–Kier alpha value is -1.39. The van der Waals surface area contributed by atoms with Crippen molar-refractivity contribution in [1.29, 1.82) is 0 Å². The van der Waals surface area contributed by atoms with E-state index >= 15 is 0 Å². The highest BCUT2D eigenvalue weighted by molar-refractivity contribution is 5.79. The van der Waals surface area contributed by atoms with Crippen LogP contribution < -0.4 is 5.32 Å². The Morgan fingerprint density at radius 1 is 1.28 bits per heavy atom. The van der Waals surface area contributed by atoms with E-state index in [1.54, 1.807) is 0 Å². The maximum Gasteiger partial charge on any atom is 0.167 e. The summed E-state index contributed by atoms with van der Waals surface area (Å²) in [5.74, 6) is 0. The quantitative estimate of drug-likeness (QED) is 0.898. The largest absolute Gasteiger partial charge is 0.378 e. The first-order chi connectivity index (χ1) is 8.93. The third-order valence-corrected chi connectivity index (χ3v) is 3.43. The lowest BCUT2D eigenvalue weighted by atomic mass is 10.1. The summed E-state index contributed by atoms with van der Waals surface area (Å²) in [6, 6.07) is 7.96. The van der Waals surface area contributed by atoms with Crippen molar-refractivity contribution in [3.8, 4) is 0 Å². The molecule has 4 nitrogen and oxygen atoms in total. The van der Waals surface area contributed by atoms with Gasteiger partial charge in [0, 0.05) is 11.8 Å². The van der Waals surface area contributed by atoms with E-state index in [0.29, 0.717) is 6.10 Å². The number of rotatable bonds is 4. The van der Waals surface area contributed by atoms with E-state index in [0.717, 1.165) is 55.6 Å². The molecule has 1 saturated heterocycles. The molecule has 0 radical (unpaired) electrons. The Labute approximate surface area is 106 Å². The standard InChI is InChI=1S/C14H18N2O2/c1-2-4-14-12(3-1)13(16-18-14)7-10-17-11-5-8-15-9-6-11/h1-4,11,15H,5-10H2. The van der Waals surface area contributed by atoms with Gasteiger partial charge < -0.3 is 14.6 Å². The first kappa shape index (κ1) is 11.7. The lowest BCUT2D eigenvalue weighted by Crippen LogP contribution is -2.32. The van der Waals surface area contributed by atoms with E-state index in [1.165, 1.54) is 0 Å². The van der Waals surface area contributed by atoms with Crippen molar-refractivity contribution in [2.45, 2.75) is 25.4 Å². The minimum absolute atomic E-state index is 0.407. The van der Waals surface area contributed by atoms with E-state index in [-0.39, 0.29) is 0 Å². The zero-order chi connectivity index (χ0) is 12.2. The molecule has 2 heterocycles. The van der Waals surface area contributed by atoms with Crippen LogP contribution in [-0.2, 0) is 11.2 Å². The summed E-state index contributed by atoms with van der Waals surface area (Å²) >= 11 is 0. The first-order valence-corrected chi connectivity index (χ1v) is 6.59. The monoisotopic (exact) mass is 246 g/mol. The number of hydrogen-bond acceptors (Lipinski definition) is 4. The summed E-state index contributed by atoms with van der Waals surface area (Å²) in [4.78, 5) is 0. The fourth-order valence-electron chi connectivity index (χ4n) is 2.40. The Balaban J connectivity index is 1.56. The highest BCUT2D eigenvalue weighted by Crippen LogP contribution is 2.18. The van der Waals surface area contributed by atoms with Gasteiger partial charge in [-0.05, 0) is 38.1 Å². The van der Waals surface area contributed by atoms with Crippen LogP contribution in [0, 0.1) is 0 Å². The van der Waals surface area contributed by atoms with Gasteiger partial charge in [0.15, 0.2) is 5.58 Å². The number of nitrogens with zero attached hydrogens (tertiary/aromatic N) is 1. The Kier molecular flexibility index (Phi) is 3.57. The molecule has 1 fully saturated rings. The number of piperidine rings is 1. The van der Waals surface area contributed by atoms with Crippen LogP contribution >= 0.6 is 0 Å². The molecule has 1 aliphatic heterocycles. The van der Waals surface area contributed by atoms with E-state index in [2.05, 4.69) is 10.5 Å². The van der Waals surface area contributed by atoms with Gasteiger partial charge in [-0.15, -0.1) is 0 Å². The molecule has 1 aromatic heterocycles. The van der Waals surface area contributed by atoms with Gasteiger partial charge in [-0.25, -0.2) is 0 Å². The van der Waals surface area contributed by atoms with Gasteiger partial charge in [0.2, 0.25) is 0 Å². The molecule has 0 amide bonds. The van der Waals surface area contributed by atoms with Crippen LogP contribution in [0.15, 0.2) is 28.8 Å². The number of aromatic nitrogens is 1. The van der Waals surface area contributed by atoms with Crippen molar-refractivity contribution in [3.05, 3.63) is 30.0 Å². The van der Waals surface area contributed by atoms with Crippen LogP contribution in [0.1, 0.15) is 18.5 Å². The predicted octanol–water partition coefficient (Wildman–Crippen LogP) is 2.14. The fraction of sp³-hybridized carbons (Fsp3) is 0.500.